The van der Waals surface area contributed by atoms with Crippen molar-refractivity contribution < 1.29 is 10.2 Å². The first-order valence-electron chi connectivity index (χ1n) is 13.6. The molecule has 2 aromatic carbocycles. The minimum absolute atomic E-state index is 0.305. The highest BCUT2D eigenvalue weighted by molar-refractivity contribution is 9.09. The summed E-state index contributed by atoms with van der Waals surface area (Å²) < 4.78 is 0. The molecule has 2 aliphatic carbocycles. The molecule has 2 saturated carbocycles. The van der Waals surface area contributed by atoms with Gasteiger partial charge in [-0.1, -0.05) is 66.2 Å². The Morgan fingerprint density at radius 1 is 0.600 bits per heavy atom. The van der Waals surface area contributed by atoms with Crippen molar-refractivity contribution in [3.63, 3.8) is 0 Å². The van der Waals surface area contributed by atoms with Gasteiger partial charge in [-0.2, -0.15) is 0 Å². The molecule has 0 bridgehead atoms. The number of phenols is 2. The van der Waals surface area contributed by atoms with Crippen molar-refractivity contribution in [2.24, 2.45) is 0 Å². The van der Waals surface area contributed by atoms with Crippen LogP contribution in [0, 0.1) is 0 Å². The molecule has 0 radical (unpaired) electrons. The molecule has 0 heterocycles. The predicted octanol–water partition coefficient (Wildman–Crippen LogP) is 10.9. The van der Waals surface area contributed by atoms with Gasteiger partial charge in [-0.3, -0.25) is 0 Å². The molecular weight excluding hydrogens is 489 g/mol. The molecular formula is C30H42O2S3. The molecule has 0 atom stereocenters. The van der Waals surface area contributed by atoms with E-state index >= 15 is 0 Å². The standard InChI is InChI=1S/C30H42O2S3/c1-19(2)25-15-23(17-27(29(25)31)21-11-7-5-8-12-21)33-35-34-24-16-26(20(3)4)30(32)28(18-24)22-13-9-6-10-14-22/h15-22,31-32H,5-14H2,1-4H3. The summed E-state index contributed by atoms with van der Waals surface area (Å²) in [5.41, 5.74) is 4.48. The van der Waals surface area contributed by atoms with Crippen LogP contribution in [0.4, 0.5) is 0 Å². The zero-order valence-corrected chi connectivity index (χ0v) is 24.3. The Balaban J connectivity index is 1.53. The molecule has 0 saturated heterocycles. The van der Waals surface area contributed by atoms with Crippen LogP contribution in [0.25, 0.3) is 0 Å². The lowest BCUT2D eigenvalue weighted by Gasteiger charge is -2.25. The third kappa shape index (κ3) is 6.70. The zero-order chi connectivity index (χ0) is 24.9. The molecule has 0 amide bonds. The molecule has 2 fully saturated rings. The van der Waals surface area contributed by atoms with Crippen LogP contribution in [0.3, 0.4) is 0 Å². The molecule has 0 aromatic heterocycles. The van der Waals surface area contributed by atoms with Crippen molar-refractivity contribution in [2.75, 3.05) is 0 Å². The molecule has 35 heavy (non-hydrogen) atoms. The summed E-state index contributed by atoms with van der Waals surface area (Å²) in [6, 6.07) is 8.88. The lowest BCUT2D eigenvalue weighted by Crippen LogP contribution is -2.06. The largest absolute Gasteiger partial charge is 0.507 e. The summed E-state index contributed by atoms with van der Waals surface area (Å²) in [5.74, 6) is 2.65. The smallest absolute Gasteiger partial charge is 0.122 e. The SMILES string of the molecule is CC(C)c1cc(SSSc2cc(C(C)C)c(O)c(C3CCCCC3)c2)cc(C2CCCCC2)c1O. The Kier molecular flexibility index (Phi) is 9.74. The fraction of sp³-hybridized carbons (Fsp3) is 0.600. The summed E-state index contributed by atoms with van der Waals surface area (Å²) in [6.45, 7) is 8.69. The second-order valence-electron chi connectivity index (χ2n) is 11.1. The molecule has 5 heteroatoms. The molecule has 2 aliphatic rings. The van der Waals surface area contributed by atoms with Crippen LogP contribution in [-0.2, 0) is 0 Å². The maximum atomic E-state index is 11.1. The summed E-state index contributed by atoms with van der Waals surface area (Å²) >= 11 is 0. The second-order valence-corrected chi connectivity index (χ2v) is 15.2. The van der Waals surface area contributed by atoms with Gasteiger partial charge >= 0.3 is 0 Å². The van der Waals surface area contributed by atoms with Crippen LogP contribution < -0.4 is 0 Å². The quantitative estimate of drug-likeness (QED) is 0.332. The first-order chi connectivity index (χ1) is 16.8. The highest BCUT2D eigenvalue weighted by Crippen LogP contribution is 2.50. The fourth-order valence-corrected chi connectivity index (χ4v) is 9.59. The predicted molar refractivity (Wildman–Crippen MR) is 155 cm³/mol. The lowest BCUT2D eigenvalue weighted by atomic mass is 9.82. The Labute approximate surface area is 224 Å². The van der Waals surface area contributed by atoms with Gasteiger partial charge in [0.1, 0.15) is 11.5 Å². The topological polar surface area (TPSA) is 40.5 Å². The van der Waals surface area contributed by atoms with E-state index in [1.807, 2.05) is 0 Å². The number of hydrogen-bond acceptors (Lipinski definition) is 5. The summed E-state index contributed by atoms with van der Waals surface area (Å²) in [4.78, 5) is 2.47. The van der Waals surface area contributed by atoms with Crippen molar-refractivity contribution >= 4 is 31.4 Å². The van der Waals surface area contributed by atoms with Crippen LogP contribution in [0.1, 0.15) is 138 Å². The van der Waals surface area contributed by atoms with Crippen molar-refractivity contribution in [1.29, 1.82) is 0 Å². The van der Waals surface area contributed by atoms with Crippen molar-refractivity contribution in [1.82, 2.24) is 0 Å². The van der Waals surface area contributed by atoms with E-state index in [4.69, 9.17) is 0 Å². The van der Waals surface area contributed by atoms with Crippen LogP contribution >= 0.6 is 31.4 Å². The molecule has 2 nitrogen and oxygen atoms in total. The van der Waals surface area contributed by atoms with Gasteiger partial charge in [0.15, 0.2) is 0 Å². The zero-order valence-electron chi connectivity index (χ0n) is 21.8. The average Bonchev–Trinajstić information content (AvgIpc) is 2.86. The molecule has 0 unspecified atom stereocenters. The van der Waals surface area contributed by atoms with Gasteiger partial charge in [0.25, 0.3) is 0 Å². The molecule has 0 spiro atoms. The van der Waals surface area contributed by atoms with Gasteiger partial charge in [-0.25, -0.2) is 0 Å². The van der Waals surface area contributed by atoms with Gasteiger partial charge in [0.2, 0.25) is 0 Å². The van der Waals surface area contributed by atoms with E-state index in [0.29, 0.717) is 35.2 Å². The number of hydrogen-bond donors (Lipinski definition) is 2. The van der Waals surface area contributed by atoms with Gasteiger partial charge in [0, 0.05) is 9.79 Å². The number of rotatable bonds is 8. The number of phenolic OH excluding ortho intramolecular Hbond substituents is 2. The maximum Gasteiger partial charge on any atom is 0.122 e. The average molecular weight is 531 g/mol. The van der Waals surface area contributed by atoms with Gasteiger partial charge in [-0.05, 0) is 127 Å². The molecule has 192 valence electrons. The van der Waals surface area contributed by atoms with Gasteiger partial charge in [0.05, 0.1) is 0 Å². The van der Waals surface area contributed by atoms with Crippen LogP contribution in [0.2, 0.25) is 0 Å². The van der Waals surface area contributed by atoms with E-state index in [9.17, 15) is 10.2 Å². The van der Waals surface area contributed by atoms with Crippen molar-refractivity contribution in [3.05, 3.63) is 46.5 Å². The third-order valence-corrected chi connectivity index (χ3v) is 11.7. The van der Waals surface area contributed by atoms with E-state index in [1.165, 1.54) is 74.0 Å². The Morgan fingerprint density at radius 2 is 0.971 bits per heavy atom. The lowest BCUT2D eigenvalue weighted by molar-refractivity contribution is 0.409. The van der Waals surface area contributed by atoms with Crippen molar-refractivity contribution in [3.8, 4) is 11.5 Å². The molecule has 0 aliphatic heterocycles. The van der Waals surface area contributed by atoms with Gasteiger partial charge < -0.3 is 10.2 Å². The monoisotopic (exact) mass is 530 g/mol. The Hall–Kier alpha value is -0.910. The van der Waals surface area contributed by atoms with E-state index in [0.717, 1.165) is 22.3 Å². The van der Waals surface area contributed by atoms with E-state index < -0.39 is 0 Å². The number of aromatic hydroxyl groups is 2. The molecule has 4 rings (SSSR count). The van der Waals surface area contributed by atoms with Crippen LogP contribution in [-0.4, -0.2) is 10.2 Å². The maximum absolute atomic E-state index is 11.1. The highest BCUT2D eigenvalue weighted by atomic mass is 33.5. The summed E-state index contributed by atoms with van der Waals surface area (Å²) in [7, 11) is 5.39. The summed E-state index contributed by atoms with van der Waals surface area (Å²) in [6.07, 6.45) is 12.5. The fourth-order valence-electron chi connectivity index (χ4n) is 5.82. The Morgan fingerprint density at radius 3 is 1.31 bits per heavy atom. The normalized spacial score (nSPS) is 18.0. The Bertz CT molecular complexity index is 910. The first kappa shape index (κ1) is 27.1. The molecule has 2 aromatic rings. The van der Waals surface area contributed by atoms with Crippen molar-refractivity contribution in [2.45, 2.75) is 125 Å². The highest BCUT2D eigenvalue weighted by Gasteiger charge is 2.24. The minimum Gasteiger partial charge on any atom is -0.507 e. The first-order valence-corrected chi connectivity index (χ1v) is 17.1. The van der Waals surface area contributed by atoms with Crippen LogP contribution in [0.5, 0.6) is 11.5 Å². The van der Waals surface area contributed by atoms with E-state index in [2.05, 4.69) is 52.0 Å². The number of benzene rings is 2. The second kappa shape index (κ2) is 12.6. The molecule has 2 N–H and O–H groups in total. The minimum atomic E-state index is 0.305. The van der Waals surface area contributed by atoms with Gasteiger partial charge in [-0.15, -0.1) is 0 Å². The van der Waals surface area contributed by atoms with E-state index in [1.54, 1.807) is 31.4 Å². The summed E-state index contributed by atoms with van der Waals surface area (Å²) in [5, 5.41) is 22.1. The van der Waals surface area contributed by atoms with Crippen LogP contribution in [0.15, 0.2) is 34.1 Å². The third-order valence-electron chi connectivity index (χ3n) is 7.88. The van der Waals surface area contributed by atoms with E-state index in [-0.39, 0.29) is 0 Å².